The van der Waals surface area contributed by atoms with Crippen molar-refractivity contribution in [1.29, 1.82) is 0 Å². The summed E-state index contributed by atoms with van der Waals surface area (Å²) >= 11 is 0. The maximum absolute atomic E-state index is 12.4. The molecule has 1 atom stereocenters. The van der Waals surface area contributed by atoms with Gasteiger partial charge in [-0.1, -0.05) is 0 Å². The molecular weight excluding hydrogens is 294 g/mol. The van der Waals surface area contributed by atoms with Crippen molar-refractivity contribution in [3.8, 4) is 0 Å². The van der Waals surface area contributed by atoms with Crippen LogP contribution in [0.15, 0.2) is 18.5 Å². The maximum atomic E-state index is 12.4. The number of carbonyl (C=O) groups is 1. The number of amides is 1. The molecule has 2 aliphatic rings. The standard InChI is InChI=1S/C17H25N3O3/c1-2-22-12-4-14-5-13-23-17(14)6-10-20(11-7-17)16(21)15-18-8-3-9-19-15/h3,8-9,14H,2,4-7,10-13H2,1H3. The summed E-state index contributed by atoms with van der Waals surface area (Å²) in [6.45, 7) is 5.83. The third-order valence-electron chi connectivity index (χ3n) is 5.07. The van der Waals surface area contributed by atoms with Crippen molar-refractivity contribution >= 4 is 5.91 Å². The van der Waals surface area contributed by atoms with Gasteiger partial charge in [0, 0.05) is 45.3 Å². The van der Waals surface area contributed by atoms with Gasteiger partial charge in [0.25, 0.3) is 5.91 Å². The van der Waals surface area contributed by atoms with Gasteiger partial charge in [-0.3, -0.25) is 4.79 Å². The number of rotatable bonds is 5. The molecule has 0 N–H and O–H groups in total. The lowest BCUT2D eigenvalue weighted by molar-refractivity contribution is -0.0670. The number of piperidine rings is 1. The van der Waals surface area contributed by atoms with E-state index in [1.165, 1.54) is 0 Å². The molecule has 0 aromatic carbocycles. The van der Waals surface area contributed by atoms with Gasteiger partial charge < -0.3 is 14.4 Å². The molecule has 126 valence electrons. The SMILES string of the molecule is CCOCCC1CCOC12CCN(C(=O)c1ncccn1)CC2. The molecule has 3 heterocycles. The lowest BCUT2D eigenvalue weighted by Gasteiger charge is -2.42. The van der Waals surface area contributed by atoms with Crippen molar-refractivity contribution in [2.24, 2.45) is 5.92 Å². The second-order valence-corrected chi connectivity index (χ2v) is 6.25. The zero-order valence-electron chi connectivity index (χ0n) is 13.7. The third kappa shape index (κ3) is 3.53. The summed E-state index contributed by atoms with van der Waals surface area (Å²) in [5.41, 5.74) is -0.0641. The molecule has 1 aromatic heterocycles. The summed E-state index contributed by atoms with van der Waals surface area (Å²) < 4.78 is 11.6. The van der Waals surface area contributed by atoms with Crippen molar-refractivity contribution < 1.29 is 14.3 Å². The van der Waals surface area contributed by atoms with Crippen molar-refractivity contribution in [2.75, 3.05) is 32.9 Å². The quantitative estimate of drug-likeness (QED) is 0.776. The Labute approximate surface area is 137 Å². The van der Waals surface area contributed by atoms with Crippen LogP contribution in [0.5, 0.6) is 0 Å². The fourth-order valence-corrected chi connectivity index (χ4v) is 3.75. The van der Waals surface area contributed by atoms with Gasteiger partial charge in [0.2, 0.25) is 5.82 Å². The second-order valence-electron chi connectivity index (χ2n) is 6.25. The van der Waals surface area contributed by atoms with Crippen molar-refractivity contribution in [3.63, 3.8) is 0 Å². The van der Waals surface area contributed by atoms with Crippen molar-refractivity contribution in [2.45, 2.75) is 38.2 Å². The first kappa shape index (κ1) is 16.3. The first-order valence-corrected chi connectivity index (χ1v) is 8.53. The van der Waals surface area contributed by atoms with E-state index in [2.05, 4.69) is 9.97 Å². The average Bonchev–Trinajstić information content (AvgIpc) is 2.98. The summed E-state index contributed by atoms with van der Waals surface area (Å²) in [5.74, 6) is 0.743. The second kappa shape index (κ2) is 7.36. The Hall–Kier alpha value is -1.53. The maximum Gasteiger partial charge on any atom is 0.291 e. The van der Waals surface area contributed by atoms with Gasteiger partial charge in [-0.15, -0.1) is 0 Å². The largest absolute Gasteiger partial charge is 0.382 e. The summed E-state index contributed by atoms with van der Waals surface area (Å²) in [4.78, 5) is 22.4. The molecule has 2 saturated heterocycles. The summed E-state index contributed by atoms with van der Waals surface area (Å²) in [6.07, 6.45) is 7.14. The Morgan fingerprint density at radius 3 is 2.83 bits per heavy atom. The molecule has 1 spiro atoms. The number of ether oxygens (including phenoxy) is 2. The number of likely N-dealkylation sites (tertiary alicyclic amines) is 1. The minimum absolute atomic E-state index is 0.0641. The highest BCUT2D eigenvalue weighted by atomic mass is 16.5. The van der Waals surface area contributed by atoms with Gasteiger partial charge in [-0.25, -0.2) is 9.97 Å². The molecule has 1 unspecified atom stereocenters. The molecule has 1 amide bonds. The minimum atomic E-state index is -0.0793. The fraction of sp³-hybridized carbons (Fsp3) is 0.706. The minimum Gasteiger partial charge on any atom is -0.382 e. The van der Waals surface area contributed by atoms with Crippen molar-refractivity contribution in [1.82, 2.24) is 14.9 Å². The Morgan fingerprint density at radius 2 is 2.13 bits per heavy atom. The molecule has 1 aromatic rings. The van der Waals surface area contributed by atoms with Crippen LogP contribution in [-0.4, -0.2) is 59.3 Å². The van der Waals surface area contributed by atoms with Gasteiger partial charge >= 0.3 is 0 Å². The normalized spacial score (nSPS) is 23.3. The van der Waals surface area contributed by atoms with E-state index in [9.17, 15) is 4.79 Å². The Morgan fingerprint density at radius 1 is 1.39 bits per heavy atom. The van der Waals surface area contributed by atoms with Crippen LogP contribution in [0.4, 0.5) is 0 Å². The van der Waals surface area contributed by atoms with Gasteiger partial charge in [-0.2, -0.15) is 0 Å². The molecule has 2 aliphatic heterocycles. The van der Waals surface area contributed by atoms with Crippen LogP contribution in [0.25, 0.3) is 0 Å². The molecule has 0 aliphatic carbocycles. The van der Waals surface area contributed by atoms with E-state index in [1.54, 1.807) is 18.5 Å². The van der Waals surface area contributed by atoms with E-state index in [4.69, 9.17) is 9.47 Å². The first-order chi connectivity index (χ1) is 11.2. The van der Waals surface area contributed by atoms with E-state index in [-0.39, 0.29) is 17.3 Å². The molecule has 23 heavy (non-hydrogen) atoms. The highest BCUT2D eigenvalue weighted by Crippen LogP contribution is 2.42. The molecule has 0 radical (unpaired) electrons. The lowest BCUT2D eigenvalue weighted by Crippen LogP contribution is -2.49. The summed E-state index contributed by atoms with van der Waals surface area (Å²) in [7, 11) is 0. The summed E-state index contributed by atoms with van der Waals surface area (Å²) in [6, 6.07) is 1.72. The molecule has 0 bridgehead atoms. The molecule has 3 rings (SSSR count). The summed E-state index contributed by atoms with van der Waals surface area (Å²) in [5, 5.41) is 0. The number of hydrogen-bond donors (Lipinski definition) is 0. The number of nitrogens with zero attached hydrogens (tertiary/aromatic N) is 3. The zero-order chi connectivity index (χ0) is 16.1. The van der Waals surface area contributed by atoms with Crippen LogP contribution in [-0.2, 0) is 9.47 Å². The average molecular weight is 319 g/mol. The van der Waals surface area contributed by atoms with E-state index in [0.29, 0.717) is 19.0 Å². The molecule has 6 nitrogen and oxygen atoms in total. The van der Waals surface area contributed by atoms with Gasteiger partial charge in [0.1, 0.15) is 0 Å². The number of hydrogen-bond acceptors (Lipinski definition) is 5. The van der Waals surface area contributed by atoms with Gasteiger partial charge in [0.05, 0.1) is 5.60 Å². The van der Waals surface area contributed by atoms with Crippen LogP contribution in [0.3, 0.4) is 0 Å². The van der Waals surface area contributed by atoms with Crippen molar-refractivity contribution in [3.05, 3.63) is 24.3 Å². The zero-order valence-corrected chi connectivity index (χ0v) is 13.7. The Kier molecular flexibility index (Phi) is 5.23. The number of carbonyl (C=O) groups excluding carboxylic acids is 1. The molecule has 0 saturated carbocycles. The van der Waals surface area contributed by atoms with E-state index < -0.39 is 0 Å². The topological polar surface area (TPSA) is 64.6 Å². The van der Waals surface area contributed by atoms with E-state index in [0.717, 1.165) is 45.5 Å². The van der Waals surface area contributed by atoms with Crippen LogP contribution in [0.1, 0.15) is 43.2 Å². The first-order valence-electron chi connectivity index (χ1n) is 8.53. The molecule has 6 heteroatoms. The molecule has 2 fully saturated rings. The Bertz CT molecular complexity index is 515. The highest BCUT2D eigenvalue weighted by molar-refractivity contribution is 5.90. The predicted molar refractivity (Wildman–Crippen MR) is 85.1 cm³/mol. The predicted octanol–water partition coefficient (Wildman–Crippen LogP) is 1.91. The van der Waals surface area contributed by atoms with E-state index >= 15 is 0 Å². The molecular formula is C17H25N3O3. The van der Waals surface area contributed by atoms with Crippen LogP contribution in [0, 0.1) is 5.92 Å². The van der Waals surface area contributed by atoms with Gasteiger partial charge in [-0.05, 0) is 44.6 Å². The van der Waals surface area contributed by atoms with E-state index in [1.807, 2.05) is 11.8 Å². The van der Waals surface area contributed by atoms with Crippen LogP contribution < -0.4 is 0 Å². The Balaban J connectivity index is 1.58. The van der Waals surface area contributed by atoms with Gasteiger partial charge in [0.15, 0.2) is 0 Å². The lowest BCUT2D eigenvalue weighted by atomic mass is 9.78. The fourth-order valence-electron chi connectivity index (χ4n) is 3.75. The highest BCUT2D eigenvalue weighted by Gasteiger charge is 2.46. The number of aromatic nitrogens is 2. The van der Waals surface area contributed by atoms with Crippen LogP contribution in [0.2, 0.25) is 0 Å². The smallest absolute Gasteiger partial charge is 0.291 e. The third-order valence-corrected chi connectivity index (χ3v) is 5.07. The van der Waals surface area contributed by atoms with Crippen LogP contribution >= 0.6 is 0 Å². The monoisotopic (exact) mass is 319 g/mol.